The highest BCUT2D eigenvalue weighted by atomic mass is 16.5. The molecular formula is C24H25N5O5. The average molecular weight is 463 g/mol. The molecular weight excluding hydrogens is 438 g/mol. The molecule has 10 heteroatoms. The maximum Gasteiger partial charge on any atom is 0.260 e. The Morgan fingerprint density at radius 1 is 0.971 bits per heavy atom. The number of aromatic nitrogens is 4. The highest BCUT2D eigenvalue weighted by molar-refractivity contribution is 5.80. The third kappa shape index (κ3) is 5.17. The van der Waals surface area contributed by atoms with Crippen molar-refractivity contribution in [2.24, 2.45) is 0 Å². The zero-order valence-electron chi connectivity index (χ0n) is 19.1. The molecule has 2 aromatic carbocycles. The van der Waals surface area contributed by atoms with Gasteiger partial charge < -0.3 is 24.3 Å². The van der Waals surface area contributed by atoms with E-state index in [2.05, 4.69) is 20.6 Å². The van der Waals surface area contributed by atoms with Crippen molar-refractivity contribution >= 4 is 11.6 Å². The number of benzene rings is 2. The zero-order valence-corrected chi connectivity index (χ0v) is 19.1. The fraction of sp³-hybridized carbons (Fsp3) is 0.250. The number of hydrogen-bond acceptors (Lipinski definition) is 8. The molecule has 0 aliphatic rings. The first kappa shape index (κ1) is 22.8. The van der Waals surface area contributed by atoms with Gasteiger partial charge in [0.05, 0.1) is 26.3 Å². The van der Waals surface area contributed by atoms with Gasteiger partial charge in [0.1, 0.15) is 23.9 Å². The monoisotopic (exact) mass is 463 g/mol. The standard InChI is InChI=1S/C24H25N5O5/c1-16(34-18-10-8-17(31-2)9-11-18)24(30)25-14-15-33-22-13-12-21-26-27-23(29(21)28-22)19-6-4-5-7-20(19)32-3/h4-13,16H,14-15H2,1-3H3,(H,25,30). The first-order chi connectivity index (χ1) is 16.6. The van der Waals surface area contributed by atoms with Crippen molar-refractivity contribution in [1.82, 2.24) is 25.1 Å². The second-order valence-corrected chi connectivity index (χ2v) is 7.24. The van der Waals surface area contributed by atoms with E-state index in [4.69, 9.17) is 18.9 Å². The van der Waals surface area contributed by atoms with Crippen LogP contribution in [-0.4, -0.2) is 59.2 Å². The van der Waals surface area contributed by atoms with E-state index in [1.54, 1.807) is 62.1 Å². The van der Waals surface area contributed by atoms with Crippen LogP contribution in [0, 0.1) is 0 Å². The van der Waals surface area contributed by atoms with Crippen molar-refractivity contribution in [2.45, 2.75) is 13.0 Å². The molecule has 10 nitrogen and oxygen atoms in total. The largest absolute Gasteiger partial charge is 0.497 e. The molecule has 0 spiro atoms. The number of nitrogens with one attached hydrogen (secondary N) is 1. The number of nitrogens with zero attached hydrogens (tertiary/aromatic N) is 4. The lowest BCUT2D eigenvalue weighted by Gasteiger charge is -2.15. The van der Waals surface area contributed by atoms with Crippen LogP contribution in [0.2, 0.25) is 0 Å². The molecule has 0 saturated heterocycles. The summed E-state index contributed by atoms with van der Waals surface area (Å²) in [5, 5.41) is 15.7. The summed E-state index contributed by atoms with van der Waals surface area (Å²) in [5.41, 5.74) is 1.34. The number of fused-ring (bicyclic) bond motifs is 1. The van der Waals surface area contributed by atoms with Gasteiger partial charge in [-0.05, 0) is 49.4 Å². The summed E-state index contributed by atoms with van der Waals surface area (Å²) in [6.45, 7) is 2.20. The van der Waals surface area contributed by atoms with E-state index in [9.17, 15) is 4.79 Å². The van der Waals surface area contributed by atoms with Crippen molar-refractivity contribution in [3.63, 3.8) is 0 Å². The molecule has 1 N–H and O–H groups in total. The average Bonchev–Trinajstić information content (AvgIpc) is 3.30. The van der Waals surface area contributed by atoms with Gasteiger partial charge in [-0.25, -0.2) is 0 Å². The molecule has 0 aliphatic carbocycles. The lowest BCUT2D eigenvalue weighted by molar-refractivity contribution is -0.127. The number of ether oxygens (including phenoxy) is 4. The molecule has 2 heterocycles. The summed E-state index contributed by atoms with van der Waals surface area (Å²) >= 11 is 0. The Balaban J connectivity index is 1.32. The highest BCUT2D eigenvalue weighted by Crippen LogP contribution is 2.28. The molecule has 4 aromatic rings. The van der Waals surface area contributed by atoms with Crippen LogP contribution in [0.3, 0.4) is 0 Å². The zero-order chi connectivity index (χ0) is 23.9. The molecule has 0 aliphatic heterocycles. The van der Waals surface area contributed by atoms with E-state index in [0.29, 0.717) is 28.9 Å². The quantitative estimate of drug-likeness (QED) is 0.358. The Labute approximate surface area is 196 Å². The molecule has 1 unspecified atom stereocenters. The molecule has 176 valence electrons. The smallest absolute Gasteiger partial charge is 0.260 e. The Hall–Kier alpha value is -4.34. The molecule has 1 atom stereocenters. The van der Waals surface area contributed by atoms with Gasteiger partial charge in [0.2, 0.25) is 5.88 Å². The van der Waals surface area contributed by atoms with E-state index in [-0.39, 0.29) is 19.1 Å². The van der Waals surface area contributed by atoms with Gasteiger partial charge in [0.15, 0.2) is 17.6 Å². The Bertz CT molecular complexity index is 1260. The summed E-state index contributed by atoms with van der Waals surface area (Å²) in [5.74, 6) is 2.63. The molecule has 4 rings (SSSR count). The summed E-state index contributed by atoms with van der Waals surface area (Å²) in [6, 6.07) is 18.0. The van der Waals surface area contributed by atoms with E-state index >= 15 is 0 Å². The summed E-state index contributed by atoms with van der Waals surface area (Å²) in [7, 11) is 3.19. The van der Waals surface area contributed by atoms with Crippen molar-refractivity contribution in [2.75, 3.05) is 27.4 Å². The normalized spacial score (nSPS) is 11.6. The van der Waals surface area contributed by atoms with E-state index in [1.807, 2.05) is 24.3 Å². The Morgan fingerprint density at radius 3 is 2.50 bits per heavy atom. The van der Waals surface area contributed by atoms with Crippen LogP contribution in [0.4, 0.5) is 0 Å². The van der Waals surface area contributed by atoms with Crippen LogP contribution in [0.25, 0.3) is 17.0 Å². The SMILES string of the molecule is COc1ccc(OC(C)C(=O)NCCOc2ccc3nnc(-c4ccccc4OC)n3n2)cc1. The van der Waals surface area contributed by atoms with Gasteiger partial charge in [-0.15, -0.1) is 15.3 Å². The van der Waals surface area contributed by atoms with Crippen molar-refractivity contribution < 1.29 is 23.7 Å². The minimum atomic E-state index is -0.664. The van der Waals surface area contributed by atoms with Crippen molar-refractivity contribution in [3.8, 4) is 34.5 Å². The van der Waals surface area contributed by atoms with Crippen LogP contribution in [0.15, 0.2) is 60.7 Å². The number of amides is 1. The van der Waals surface area contributed by atoms with Crippen molar-refractivity contribution in [3.05, 3.63) is 60.7 Å². The van der Waals surface area contributed by atoms with E-state index < -0.39 is 6.10 Å². The first-order valence-electron chi connectivity index (χ1n) is 10.7. The summed E-state index contributed by atoms with van der Waals surface area (Å²) < 4.78 is 23.5. The number of carbonyl (C=O) groups is 1. The van der Waals surface area contributed by atoms with E-state index in [0.717, 1.165) is 11.3 Å². The number of para-hydroxylation sites is 1. The minimum absolute atomic E-state index is 0.228. The second-order valence-electron chi connectivity index (χ2n) is 7.24. The molecule has 0 fully saturated rings. The lowest BCUT2D eigenvalue weighted by Crippen LogP contribution is -2.38. The van der Waals surface area contributed by atoms with E-state index in [1.165, 1.54) is 0 Å². The fourth-order valence-corrected chi connectivity index (χ4v) is 3.23. The predicted molar refractivity (Wildman–Crippen MR) is 124 cm³/mol. The Morgan fingerprint density at radius 2 is 1.74 bits per heavy atom. The molecule has 1 amide bonds. The van der Waals surface area contributed by atoms with Crippen LogP contribution in [0.5, 0.6) is 23.1 Å². The van der Waals surface area contributed by atoms with Gasteiger partial charge in [0.25, 0.3) is 5.91 Å². The Kier molecular flexibility index (Phi) is 7.07. The number of hydrogen-bond donors (Lipinski definition) is 1. The fourth-order valence-electron chi connectivity index (χ4n) is 3.23. The number of methoxy groups -OCH3 is 2. The lowest BCUT2D eigenvalue weighted by atomic mass is 10.2. The van der Waals surface area contributed by atoms with Gasteiger partial charge >= 0.3 is 0 Å². The molecule has 0 bridgehead atoms. The van der Waals surface area contributed by atoms with Gasteiger partial charge in [-0.2, -0.15) is 4.52 Å². The molecule has 2 aromatic heterocycles. The second kappa shape index (κ2) is 10.5. The van der Waals surface area contributed by atoms with Crippen LogP contribution >= 0.6 is 0 Å². The van der Waals surface area contributed by atoms with Crippen LogP contribution < -0.4 is 24.3 Å². The molecule has 0 radical (unpaired) electrons. The van der Waals surface area contributed by atoms with Crippen LogP contribution in [0.1, 0.15) is 6.92 Å². The van der Waals surface area contributed by atoms with Gasteiger partial charge in [-0.1, -0.05) is 12.1 Å². The first-order valence-corrected chi connectivity index (χ1v) is 10.7. The maximum absolute atomic E-state index is 12.3. The molecule has 34 heavy (non-hydrogen) atoms. The number of carbonyl (C=O) groups excluding carboxylic acids is 1. The van der Waals surface area contributed by atoms with Gasteiger partial charge in [-0.3, -0.25) is 4.79 Å². The topological polar surface area (TPSA) is 109 Å². The predicted octanol–water partition coefficient (Wildman–Crippen LogP) is 2.77. The third-order valence-corrected chi connectivity index (χ3v) is 4.98. The third-order valence-electron chi connectivity index (χ3n) is 4.98. The minimum Gasteiger partial charge on any atom is -0.497 e. The molecule has 0 saturated carbocycles. The highest BCUT2D eigenvalue weighted by Gasteiger charge is 2.16. The summed E-state index contributed by atoms with van der Waals surface area (Å²) in [4.78, 5) is 12.3. The van der Waals surface area contributed by atoms with Crippen LogP contribution in [-0.2, 0) is 4.79 Å². The van der Waals surface area contributed by atoms with Crippen molar-refractivity contribution in [1.29, 1.82) is 0 Å². The number of rotatable bonds is 10. The maximum atomic E-state index is 12.3. The summed E-state index contributed by atoms with van der Waals surface area (Å²) in [6.07, 6.45) is -0.664. The van der Waals surface area contributed by atoms with Gasteiger partial charge in [0, 0.05) is 6.07 Å².